The molecular formula is C11H14N2O4. The van der Waals surface area contributed by atoms with Crippen molar-refractivity contribution in [2.24, 2.45) is 5.41 Å². The van der Waals surface area contributed by atoms with Crippen LogP contribution in [0.5, 0.6) is 0 Å². The van der Waals surface area contributed by atoms with Gasteiger partial charge >= 0.3 is 5.97 Å². The molecule has 1 saturated heterocycles. The summed E-state index contributed by atoms with van der Waals surface area (Å²) >= 11 is 0. The number of aromatic nitrogens is 1. The Hall–Kier alpha value is -1.82. The topological polar surface area (TPSA) is 71.6 Å². The van der Waals surface area contributed by atoms with Gasteiger partial charge in [-0.05, 0) is 6.07 Å². The van der Waals surface area contributed by atoms with Gasteiger partial charge in [0.05, 0.1) is 26.0 Å². The molecule has 17 heavy (non-hydrogen) atoms. The van der Waals surface area contributed by atoms with E-state index in [2.05, 4.69) is 9.72 Å². The van der Waals surface area contributed by atoms with Gasteiger partial charge in [-0.3, -0.25) is 9.59 Å². The molecule has 0 aliphatic carbocycles. The number of nitrogens with zero attached hydrogens (tertiary/aromatic N) is 1. The predicted molar refractivity (Wildman–Crippen MR) is 59.5 cm³/mol. The van der Waals surface area contributed by atoms with Crippen molar-refractivity contribution < 1.29 is 19.1 Å². The lowest BCUT2D eigenvalue weighted by molar-refractivity contribution is -0.186. The summed E-state index contributed by atoms with van der Waals surface area (Å²) in [7, 11) is 2.89. The zero-order chi connectivity index (χ0) is 12.5. The fraction of sp³-hybridized carbons (Fsp3) is 0.455. The largest absolute Gasteiger partial charge is 0.468 e. The van der Waals surface area contributed by atoms with Gasteiger partial charge in [-0.25, -0.2) is 0 Å². The number of H-pyrrole nitrogens is 1. The second-order valence-electron chi connectivity index (χ2n) is 4.00. The normalized spacial score (nSPS) is 17.1. The highest BCUT2D eigenvalue weighted by Gasteiger charge is 2.55. The number of hydrogen-bond donors (Lipinski definition) is 1. The van der Waals surface area contributed by atoms with E-state index >= 15 is 0 Å². The number of carbonyl (C=O) groups is 2. The standard InChI is InChI=1S/C11H14N2O4/c1-13(8-3-4-12-5-8)9(14)11(6-17-7-11)10(15)16-2/h3-5,12H,6-7H2,1-2H3. The molecule has 0 unspecified atom stereocenters. The van der Waals surface area contributed by atoms with E-state index in [0.717, 1.165) is 0 Å². The van der Waals surface area contributed by atoms with Gasteiger partial charge in [0.1, 0.15) is 0 Å². The van der Waals surface area contributed by atoms with Crippen LogP contribution in [0.4, 0.5) is 5.69 Å². The van der Waals surface area contributed by atoms with E-state index < -0.39 is 11.4 Å². The number of rotatable bonds is 3. The van der Waals surface area contributed by atoms with Crippen molar-refractivity contribution in [3.05, 3.63) is 18.5 Å². The zero-order valence-corrected chi connectivity index (χ0v) is 9.73. The molecule has 1 aromatic heterocycles. The minimum absolute atomic E-state index is 0.0767. The highest BCUT2D eigenvalue weighted by atomic mass is 16.5. The van der Waals surface area contributed by atoms with Crippen molar-refractivity contribution in [2.45, 2.75) is 0 Å². The highest BCUT2D eigenvalue weighted by Crippen LogP contribution is 2.32. The maximum atomic E-state index is 12.3. The SMILES string of the molecule is COC(=O)C1(C(=O)N(C)c2cc[nH]c2)COC1. The number of methoxy groups -OCH3 is 1. The summed E-state index contributed by atoms with van der Waals surface area (Å²) in [5.41, 5.74) is -0.481. The van der Waals surface area contributed by atoms with Crippen LogP contribution in [0, 0.1) is 5.41 Å². The van der Waals surface area contributed by atoms with Gasteiger partial charge in [-0.15, -0.1) is 0 Å². The molecule has 6 heteroatoms. The fourth-order valence-electron chi connectivity index (χ4n) is 1.79. The fourth-order valence-corrected chi connectivity index (χ4v) is 1.79. The number of carbonyl (C=O) groups excluding carboxylic acids is 2. The molecular weight excluding hydrogens is 224 g/mol. The Labute approximate surface area is 98.5 Å². The Morgan fingerprint density at radius 3 is 2.65 bits per heavy atom. The summed E-state index contributed by atoms with van der Waals surface area (Å²) in [6.45, 7) is 0.153. The van der Waals surface area contributed by atoms with E-state index in [1.807, 2.05) is 0 Å². The maximum absolute atomic E-state index is 12.3. The van der Waals surface area contributed by atoms with Gasteiger partial charge < -0.3 is 19.4 Å². The third-order valence-electron chi connectivity index (χ3n) is 2.96. The molecule has 0 radical (unpaired) electrons. The number of nitrogens with one attached hydrogen (secondary N) is 1. The van der Waals surface area contributed by atoms with E-state index in [4.69, 9.17) is 4.74 Å². The molecule has 0 bridgehead atoms. The summed E-state index contributed by atoms with van der Waals surface area (Å²) in [6, 6.07) is 1.75. The third-order valence-corrected chi connectivity index (χ3v) is 2.96. The first-order chi connectivity index (χ1) is 8.12. The molecule has 0 atom stereocenters. The first kappa shape index (κ1) is 11.7. The first-order valence-electron chi connectivity index (χ1n) is 5.19. The highest BCUT2D eigenvalue weighted by molar-refractivity contribution is 6.10. The van der Waals surface area contributed by atoms with Crippen molar-refractivity contribution >= 4 is 17.6 Å². The second-order valence-corrected chi connectivity index (χ2v) is 4.00. The van der Waals surface area contributed by atoms with Crippen molar-refractivity contribution in [3.8, 4) is 0 Å². The second kappa shape index (κ2) is 4.21. The van der Waals surface area contributed by atoms with Crippen LogP contribution in [-0.4, -0.2) is 44.2 Å². The lowest BCUT2D eigenvalue weighted by Crippen LogP contribution is -2.59. The van der Waals surface area contributed by atoms with Gasteiger partial charge in [-0.2, -0.15) is 0 Å². The summed E-state index contributed by atoms with van der Waals surface area (Å²) in [4.78, 5) is 28.2. The molecule has 6 nitrogen and oxygen atoms in total. The van der Waals surface area contributed by atoms with Crippen molar-refractivity contribution in [1.29, 1.82) is 0 Å². The smallest absolute Gasteiger partial charge is 0.326 e. The van der Waals surface area contributed by atoms with Crippen LogP contribution >= 0.6 is 0 Å². The Kier molecular flexibility index (Phi) is 2.89. The van der Waals surface area contributed by atoms with Gasteiger partial charge in [0.2, 0.25) is 5.91 Å². The van der Waals surface area contributed by atoms with Crippen LogP contribution in [0.2, 0.25) is 0 Å². The van der Waals surface area contributed by atoms with Crippen LogP contribution < -0.4 is 4.90 Å². The Bertz CT molecular complexity index is 423. The predicted octanol–water partition coefficient (Wildman–Crippen LogP) is 0.167. The number of hydrogen-bond acceptors (Lipinski definition) is 4. The zero-order valence-electron chi connectivity index (χ0n) is 9.73. The molecule has 1 aromatic rings. The summed E-state index contributed by atoms with van der Waals surface area (Å²) < 4.78 is 9.67. The molecule has 0 saturated carbocycles. The first-order valence-corrected chi connectivity index (χ1v) is 5.19. The van der Waals surface area contributed by atoms with Crippen LogP contribution in [-0.2, 0) is 19.1 Å². The third kappa shape index (κ3) is 1.70. The minimum atomic E-state index is -1.18. The summed E-state index contributed by atoms with van der Waals surface area (Å²) in [5.74, 6) is -0.855. The Morgan fingerprint density at radius 1 is 1.53 bits per heavy atom. The monoisotopic (exact) mass is 238 g/mol. The number of ether oxygens (including phenoxy) is 2. The molecule has 1 N–H and O–H groups in total. The van der Waals surface area contributed by atoms with Gasteiger partial charge in [0, 0.05) is 19.4 Å². The maximum Gasteiger partial charge on any atom is 0.326 e. The molecule has 1 aliphatic rings. The average molecular weight is 238 g/mol. The van der Waals surface area contributed by atoms with Crippen LogP contribution in [0.15, 0.2) is 18.5 Å². The number of aromatic amines is 1. The number of esters is 1. The van der Waals surface area contributed by atoms with E-state index in [-0.39, 0.29) is 19.1 Å². The van der Waals surface area contributed by atoms with E-state index in [0.29, 0.717) is 5.69 Å². The molecule has 1 aliphatic heterocycles. The Morgan fingerprint density at radius 2 is 2.24 bits per heavy atom. The van der Waals surface area contributed by atoms with Crippen molar-refractivity contribution in [1.82, 2.24) is 4.98 Å². The van der Waals surface area contributed by atoms with E-state index in [1.165, 1.54) is 12.0 Å². The van der Waals surface area contributed by atoms with Crippen LogP contribution in [0.3, 0.4) is 0 Å². The van der Waals surface area contributed by atoms with Crippen LogP contribution in [0.25, 0.3) is 0 Å². The van der Waals surface area contributed by atoms with E-state index in [1.54, 1.807) is 25.5 Å². The average Bonchev–Trinajstić information content (AvgIpc) is 2.79. The summed E-state index contributed by atoms with van der Waals surface area (Å²) in [5, 5.41) is 0. The quantitative estimate of drug-likeness (QED) is 0.601. The lowest BCUT2D eigenvalue weighted by Gasteiger charge is -2.39. The summed E-state index contributed by atoms with van der Waals surface area (Å²) in [6.07, 6.45) is 3.39. The number of anilines is 1. The molecule has 0 spiro atoms. The van der Waals surface area contributed by atoms with E-state index in [9.17, 15) is 9.59 Å². The minimum Gasteiger partial charge on any atom is -0.468 e. The van der Waals surface area contributed by atoms with Crippen LogP contribution in [0.1, 0.15) is 0 Å². The molecule has 0 aromatic carbocycles. The van der Waals surface area contributed by atoms with Crippen molar-refractivity contribution in [3.63, 3.8) is 0 Å². The number of amides is 1. The Balaban J connectivity index is 2.21. The molecule has 2 heterocycles. The molecule has 1 fully saturated rings. The molecule has 2 rings (SSSR count). The van der Waals surface area contributed by atoms with Gasteiger partial charge in [0.15, 0.2) is 5.41 Å². The molecule has 92 valence electrons. The lowest BCUT2D eigenvalue weighted by atomic mass is 9.84. The van der Waals surface area contributed by atoms with Gasteiger partial charge in [-0.1, -0.05) is 0 Å². The van der Waals surface area contributed by atoms with Gasteiger partial charge in [0.25, 0.3) is 0 Å². The molecule has 1 amide bonds. The van der Waals surface area contributed by atoms with Crippen molar-refractivity contribution in [2.75, 3.05) is 32.3 Å².